The zero-order chi connectivity index (χ0) is 21.9. The smallest absolute Gasteiger partial charge is 0.276 e. The van der Waals surface area contributed by atoms with Gasteiger partial charge < -0.3 is 19.1 Å². The van der Waals surface area contributed by atoms with Gasteiger partial charge in [-0.25, -0.2) is 0 Å². The number of aromatic nitrogens is 2. The second-order valence-corrected chi connectivity index (χ2v) is 8.01. The molecule has 1 amide bonds. The Kier molecular flexibility index (Phi) is 5.56. The third kappa shape index (κ3) is 4.07. The molecule has 0 aliphatic carbocycles. The van der Waals surface area contributed by atoms with E-state index in [2.05, 4.69) is 34.2 Å². The molecule has 2 aromatic heterocycles. The molecule has 7 nitrogen and oxygen atoms in total. The zero-order valence-corrected chi connectivity index (χ0v) is 17.8. The lowest BCUT2D eigenvalue weighted by Crippen LogP contribution is -2.49. The zero-order valence-electron chi connectivity index (χ0n) is 17.8. The Morgan fingerprint density at radius 3 is 2.88 bits per heavy atom. The average Bonchev–Trinajstić information content (AvgIpc) is 3.32. The van der Waals surface area contributed by atoms with Crippen molar-refractivity contribution in [2.75, 3.05) is 26.7 Å². The summed E-state index contributed by atoms with van der Waals surface area (Å²) in [5.41, 5.74) is 1.42. The van der Waals surface area contributed by atoms with Gasteiger partial charge in [0.15, 0.2) is 11.5 Å². The lowest BCUT2D eigenvalue weighted by molar-refractivity contribution is 0.0488. The van der Waals surface area contributed by atoms with Crippen molar-refractivity contribution in [2.24, 2.45) is 0 Å². The number of nitrogens with zero attached hydrogens (tertiary/aromatic N) is 4. The summed E-state index contributed by atoms with van der Waals surface area (Å²) >= 11 is 0. The van der Waals surface area contributed by atoms with Gasteiger partial charge in [0.25, 0.3) is 5.91 Å². The summed E-state index contributed by atoms with van der Waals surface area (Å²) in [6, 6.07) is 19.5. The molecule has 1 saturated heterocycles. The van der Waals surface area contributed by atoms with Crippen LogP contribution in [0.15, 0.2) is 77.6 Å². The van der Waals surface area contributed by atoms with Crippen LogP contribution in [0, 0.1) is 0 Å². The number of hydrogen-bond acceptors (Lipinski definition) is 6. The fraction of sp³-hybridized carbons (Fsp3) is 0.240. The van der Waals surface area contributed by atoms with Crippen LogP contribution >= 0.6 is 0 Å². The number of pyridine rings is 1. The quantitative estimate of drug-likeness (QED) is 0.480. The molecule has 0 unspecified atom stereocenters. The Labute approximate surface area is 186 Å². The molecule has 0 bridgehead atoms. The molecule has 0 spiro atoms. The minimum Gasteiger partial charge on any atom is -0.485 e. The van der Waals surface area contributed by atoms with Gasteiger partial charge in [-0.15, -0.1) is 0 Å². The van der Waals surface area contributed by atoms with Crippen LogP contribution < -0.4 is 4.74 Å². The number of benzene rings is 2. The van der Waals surface area contributed by atoms with E-state index in [-0.39, 0.29) is 18.6 Å². The first-order chi connectivity index (χ1) is 15.7. The molecule has 0 N–H and O–H groups in total. The van der Waals surface area contributed by atoms with Crippen LogP contribution in [0.5, 0.6) is 5.75 Å². The molecule has 1 fully saturated rings. The number of fused-ring (bicyclic) bond motifs is 1. The monoisotopic (exact) mass is 428 g/mol. The first-order valence-electron chi connectivity index (χ1n) is 10.6. The van der Waals surface area contributed by atoms with Crippen molar-refractivity contribution in [3.05, 3.63) is 90.1 Å². The summed E-state index contributed by atoms with van der Waals surface area (Å²) in [5.74, 6) is 1.11. The van der Waals surface area contributed by atoms with Crippen molar-refractivity contribution in [3.63, 3.8) is 0 Å². The summed E-state index contributed by atoms with van der Waals surface area (Å²) in [5, 5.41) is 6.02. The van der Waals surface area contributed by atoms with Crippen molar-refractivity contribution in [2.45, 2.75) is 12.6 Å². The van der Waals surface area contributed by atoms with Gasteiger partial charge in [-0.1, -0.05) is 47.6 Å². The van der Waals surface area contributed by atoms with E-state index in [1.165, 1.54) is 0 Å². The van der Waals surface area contributed by atoms with E-state index in [9.17, 15) is 4.79 Å². The SMILES string of the molecule is CN1CCN(C(=O)c2cc(COc3cccc4cnccc34)on2)[C@@H](c2ccccc2)C1. The van der Waals surface area contributed by atoms with E-state index in [0.717, 1.165) is 35.2 Å². The van der Waals surface area contributed by atoms with E-state index in [0.29, 0.717) is 18.0 Å². The molecule has 0 radical (unpaired) electrons. The van der Waals surface area contributed by atoms with Crippen molar-refractivity contribution < 1.29 is 14.1 Å². The number of likely N-dealkylation sites (N-methyl/N-ethyl adjacent to an activating group) is 1. The number of carbonyl (C=O) groups is 1. The maximum absolute atomic E-state index is 13.3. The standard InChI is InChI=1S/C25H24N4O3/c1-28-12-13-29(23(16-28)18-6-3-2-4-7-18)25(30)22-14-20(32-27-22)17-31-24-9-5-8-19-15-26-11-10-21(19)24/h2-11,14-15,23H,12-13,16-17H2,1H3/t23-/m1/s1. The average molecular weight is 428 g/mol. The van der Waals surface area contributed by atoms with Crippen molar-refractivity contribution >= 4 is 16.7 Å². The van der Waals surface area contributed by atoms with E-state index >= 15 is 0 Å². The molecular formula is C25H24N4O3. The van der Waals surface area contributed by atoms with Crippen molar-refractivity contribution in [3.8, 4) is 5.75 Å². The Balaban J connectivity index is 1.32. The Bertz CT molecular complexity index is 1220. The fourth-order valence-corrected chi connectivity index (χ4v) is 4.12. The highest BCUT2D eigenvalue weighted by molar-refractivity contribution is 5.92. The summed E-state index contributed by atoms with van der Waals surface area (Å²) in [4.78, 5) is 21.6. The number of rotatable bonds is 5. The number of amides is 1. The van der Waals surface area contributed by atoms with E-state index < -0.39 is 0 Å². The van der Waals surface area contributed by atoms with E-state index in [1.54, 1.807) is 18.5 Å². The summed E-state index contributed by atoms with van der Waals surface area (Å²) in [7, 11) is 2.08. The molecule has 5 rings (SSSR count). The Hall–Kier alpha value is -3.71. The highest BCUT2D eigenvalue weighted by Gasteiger charge is 2.32. The Morgan fingerprint density at radius 2 is 2.00 bits per heavy atom. The van der Waals surface area contributed by atoms with Gasteiger partial charge in [-0.3, -0.25) is 9.78 Å². The van der Waals surface area contributed by atoms with Gasteiger partial charge >= 0.3 is 0 Å². The molecular weight excluding hydrogens is 404 g/mol. The molecule has 7 heteroatoms. The van der Waals surface area contributed by atoms with Crippen LogP contribution in [0.4, 0.5) is 0 Å². The van der Waals surface area contributed by atoms with E-state index in [4.69, 9.17) is 9.26 Å². The number of ether oxygens (including phenoxy) is 1. The molecule has 0 saturated carbocycles. The lowest BCUT2D eigenvalue weighted by atomic mass is 10.0. The van der Waals surface area contributed by atoms with Crippen molar-refractivity contribution in [1.29, 1.82) is 0 Å². The number of hydrogen-bond donors (Lipinski definition) is 0. The molecule has 1 aliphatic rings. The van der Waals surface area contributed by atoms with Crippen LogP contribution in [-0.4, -0.2) is 52.5 Å². The minimum atomic E-state index is -0.127. The van der Waals surface area contributed by atoms with Gasteiger partial charge in [0.1, 0.15) is 12.4 Å². The second kappa shape index (κ2) is 8.80. The number of carbonyl (C=O) groups excluding carboxylic acids is 1. The van der Waals surface area contributed by atoms with Gasteiger partial charge in [0, 0.05) is 48.9 Å². The molecule has 162 valence electrons. The van der Waals surface area contributed by atoms with Gasteiger partial charge in [-0.05, 0) is 24.7 Å². The molecule has 4 aromatic rings. The maximum Gasteiger partial charge on any atom is 0.276 e. The minimum absolute atomic E-state index is 0.0249. The third-order valence-corrected chi connectivity index (χ3v) is 5.82. The van der Waals surface area contributed by atoms with E-state index in [1.807, 2.05) is 47.4 Å². The van der Waals surface area contributed by atoms with Crippen LogP contribution in [0.3, 0.4) is 0 Å². The van der Waals surface area contributed by atoms with Gasteiger partial charge in [0.2, 0.25) is 0 Å². The summed E-state index contributed by atoms with van der Waals surface area (Å²) in [6.45, 7) is 2.42. The highest BCUT2D eigenvalue weighted by atomic mass is 16.5. The van der Waals surface area contributed by atoms with Crippen LogP contribution in [0.1, 0.15) is 27.9 Å². The lowest BCUT2D eigenvalue weighted by Gasteiger charge is -2.40. The van der Waals surface area contributed by atoms with Crippen LogP contribution in [0.25, 0.3) is 10.8 Å². The predicted octanol–water partition coefficient (Wildman–Crippen LogP) is 3.93. The van der Waals surface area contributed by atoms with Gasteiger partial charge in [0.05, 0.1) is 6.04 Å². The largest absolute Gasteiger partial charge is 0.485 e. The highest BCUT2D eigenvalue weighted by Crippen LogP contribution is 2.28. The Morgan fingerprint density at radius 1 is 1.12 bits per heavy atom. The molecule has 1 atom stereocenters. The topological polar surface area (TPSA) is 71.7 Å². The normalized spacial score (nSPS) is 16.9. The molecule has 2 aromatic carbocycles. The van der Waals surface area contributed by atoms with Crippen molar-refractivity contribution in [1.82, 2.24) is 19.9 Å². The first-order valence-corrected chi connectivity index (χ1v) is 10.6. The predicted molar refractivity (Wildman–Crippen MR) is 120 cm³/mol. The summed E-state index contributed by atoms with van der Waals surface area (Å²) in [6.07, 6.45) is 3.53. The summed E-state index contributed by atoms with van der Waals surface area (Å²) < 4.78 is 11.4. The molecule has 1 aliphatic heterocycles. The van der Waals surface area contributed by atoms with Gasteiger partial charge in [-0.2, -0.15) is 0 Å². The molecule has 32 heavy (non-hydrogen) atoms. The second-order valence-electron chi connectivity index (χ2n) is 8.01. The molecule has 3 heterocycles. The fourth-order valence-electron chi connectivity index (χ4n) is 4.12. The maximum atomic E-state index is 13.3. The van der Waals surface area contributed by atoms with Crippen LogP contribution in [0.2, 0.25) is 0 Å². The number of piperazine rings is 1. The van der Waals surface area contributed by atoms with Crippen LogP contribution in [-0.2, 0) is 6.61 Å². The first kappa shape index (κ1) is 20.2. The third-order valence-electron chi connectivity index (χ3n) is 5.82.